The van der Waals surface area contributed by atoms with E-state index in [9.17, 15) is 0 Å². The molecule has 0 bridgehead atoms. The summed E-state index contributed by atoms with van der Waals surface area (Å²) < 4.78 is 1.98. The monoisotopic (exact) mass is 210 g/mol. The molecule has 0 aliphatic rings. The van der Waals surface area contributed by atoms with Crippen LogP contribution in [0.1, 0.15) is 12.7 Å². The molecule has 0 aliphatic carbocycles. The molecule has 1 aromatic rings. The van der Waals surface area contributed by atoms with Gasteiger partial charge in [-0.15, -0.1) is 0 Å². The van der Waals surface area contributed by atoms with Gasteiger partial charge in [-0.05, 0) is 6.92 Å². The first-order chi connectivity index (χ1) is 7.27. The number of aryl methyl sites for hydroxylation is 1. The van der Waals surface area contributed by atoms with E-state index < -0.39 is 0 Å². The molecule has 0 fully saturated rings. The van der Waals surface area contributed by atoms with E-state index in [4.69, 9.17) is 5.84 Å². The fourth-order valence-electron chi connectivity index (χ4n) is 1.23. The summed E-state index contributed by atoms with van der Waals surface area (Å²) in [6.45, 7) is 3.45. The van der Waals surface area contributed by atoms with Crippen molar-refractivity contribution in [2.45, 2.75) is 13.3 Å². The van der Waals surface area contributed by atoms with Gasteiger partial charge in [0.05, 0.1) is 0 Å². The molecular weight excluding hydrogens is 192 g/mol. The average molecular weight is 210 g/mol. The zero-order valence-electron chi connectivity index (χ0n) is 9.20. The molecule has 6 heteroatoms. The van der Waals surface area contributed by atoms with Crippen molar-refractivity contribution in [3.05, 3.63) is 18.2 Å². The van der Waals surface area contributed by atoms with E-state index in [0.717, 1.165) is 18.8 Å². The van der Waals surface area contributed by atoms with Gasteiger partial charge in [-0.25, -0.2) is 10.8 Å². The molecule has 6 nitrogen and oxygen atoms in total. The third kappa shape index (κ3) is 3.59. The molecule has 4 N–H and O–H groups in total. The van der Waals surface area contributed by atoms with Crippen molar-refractivity contribution in [3.8, 4) is 0 Å². The van der Waals surface area contributed by atoms with Gasteiger partial charge in [0.2, 0.25) is 5.96 Å². The number of aromatic nitrogens is 2. The van der Waals surface area contributed by atoms with Gasteiger partial charge in [-0.2, -0.15) is 0 Å². The largest absolute Gasteiger partial charge is 0.356 e. The molecule has 0 aromatic carbocycles. The van der Waals surface area contributed by atoms with Crippen LogP contribution in [0, 0.1) is 0 Å². The summed E-state index contributed by atoms with van der Waals surface area (Å²) in [7, 11) is 1.97. The van der Waals surface area contributed by atoms with Gasteiger partial charge in [-0.1, -0.05) is 0 Å². The number of imidazole rings is 1. The Labute approximate surface area is 89.6 Å². The fourth-order valence-corrected chi connectivity index (χ4v) is 1.23. The molecule has 1 heterocycles. The Hall–Kier alpha value is -1.56. The smallest absolute Gasteiger partial charge is 0.205 e. The highest BCUT2D eigenvalue weighted by atomic mass is 15.3. The van der Waals surface area contributed by atoms with Crippen LogP contribution < -0.4 is 16.6 Å². The molecule has 15 heavy (non-hydrogen) atoms. The highest BCUT2D eigenvalue weighted by molar-refractivity contribution is 5.79. The van der Waals surface area contributed by atoms with Crippen LogP contribution in [0.3, 0.4) is 0 Å². The van der Waals surface area contributed by atoms with Crippen LogP contribution in [-0.4, -0.2) is 28.6 Å². The molecule has 84 valence electrons. The van der Waals surface area contributed by atoms with Gasteiger partial charge < -0.3 is 9.88 Å². The van der Waals surface area contributed by atoms with E-state index in [0.29, 0.717) is 12.5 Å². The molecule has 1 aromatic heterocycles. The maximum atomic E-state index is 5.28. The number of hydrogen-bond donors (Lipinski definition) is 3. The van der Waals surface area contributed by atoms with Crippen LogP contribution in [0.4, 0.5) is 0 Å². The van der Waals surface area contributed by atoms with Crippen molar-refractivity contribution in [1.29, 1.82) is 0 Å². The minimum Gasteiger partial charge on any atom is -0.356 e. The lowest BCUT2D eigenvalue weighted by Gasteiger charge is -2.06. The zero-order valence-corrected chi connectivity index (χ0v) is 9.20. The average Bonchev–Trinajstić information content (AvgIpc) is 2.63. The Morgan fingerprint density at radius 1 is 1.67 bits per heavy atom. The van der Waals surface area contributed by atoms with Crippen LogP contribution in [0.15, 0.2) is 17.4 Å². The normalized spacial score (nSPS) is 11.5. The number of guanidine groups is 1. The van der Waals surface area contributed by atoms with Crippen LogP contribution in [0.2, 0.25) is 0 Å². The zero-order chi connectivity index (χ0) is 11.1. The number of hydrogen-bond acceptors (Lipinski definition) is 3. The van der Waals surface area contributed by atoms with E-state index in [1.165, 1.54) is 0 Å². The number of aliphatic imine (C=N–C) groups is 1. The maximum absolute atomic E-state index is 5.28. The first kappa shape index (κ1) is 11.5. The van der Waals surface area contributed by atoms with Crippen LogP contribution in [0.25, 0.3) is 0 Å². The molecule has 0 amide bonds. The fraction of sp³-hybridized carbons (Fsp3) is 0.556. The summed E-state index contributed by atoms with van der Waals surface area (Å²) in [4.78, 5) is 8.47. The van der Waals surface area contributed by atoms with Crippen molar-refractivity contribution >= 4 is 5.96 Å². The third-order valence-corrected chi connectivity index (χ3v) is 2.01. The van der Waals surface area contributed by atoms with E-state index in [2.05, 4.69) is 20.7 Å². The second kappa shape index (κ2) is 6.02. The van der Waals surface area contributed by atoms with Gasteiger partial charge >= 0.3 is 0 Å². The van der Waals surface area contributed by atoms with Gasteiger partial charge in [-0.3, -0.25) is 10.4 Å². The molecule has 0 saturated heterocycles. The summed E-state index contributed by atoms with van der Waals surface area (Å²) in [6, 6.07) is 0. The summed E-state index contributed by atoms with van der Waals surface area (Å²) in [6.07, 6.45) is 4.51. The van der Waals surface area contributed by atoms with Gasteiger partial charge in [0, 0.05) is 39.0 Å². The molecule has 0 radical (unpaired) electrons. The van der Waals surface area contributed by atoms with E-state index in [1.807, 2.05) is 24.7 Å². The molecule has 0 saturated carbocycles. The highest BCUT2D eigenvalue weighted by Gasteiger charge is 1.98. The van der Waals surface area contributed by atoms with E-state index >= 15 is 0 Å². The first-order valence-corrected chi connectivity index (χ1v) is 4.99. The quantitative estimate of drug-likeness (QED) is 0.268. The molecule has 0 spiro atoms. The predicted molar refractivity (Wildman–Crippen MR) is 60.2 cm³/mol. The Balaban J connectivity index is 2.40. The lowest BCUT2D eigenvalue weighted by Crippen LogP contribution is -2.41. The van der Waals surface area contributed by atoms with E-state index in [-0.39, 0.29) is 0 Å². The predicted octanol–water partition coefficient (Wildman–Crippen LogP) is -0.609. The Morgan fingerprint density at radius 2 is 2.47 bits per heavy atom. The molecule has 0 unspecified atom stereocenters. The second-order valence-electron chi connectivity index (χ2n) is 3.11. The summed E-state index contributed by atoms with van der Waals surface area (Å²) in [5.74, 6) is 6.92. The van der Waals surface area contributed by atoms with Gasteiger partial charge in [0.1, 0.15) is 5.82 Å². The first-order valence-electron chi connectivity index (χ1n) is 4.99. The topological polar surface area (TPSA) is 80.3 Å². The van der Waals surface area contributed by atoms with Crippen LogP contribution in [0.5, 0.6) is 0 Å². The molecule has 1 rings (SSSR count). The van der Waals surface area contributed by atoms with Gasteiger partial charge in [0.25, 0.3) is 0 Å². The van der Waals surface area contributed by atoms with Crippen molar-refractivity contribution < 1.29 is 0 Å². The Bertz CT molecular complexity index is 316. The lowest BCUT2D eigenvalue weighted by molar-refractivity contribution is 0.768. The standard InChI is InChI=1S/C9H18N6/c1-3-11-9(14-10)13-5-4-8-12-6-7-15(8)2/h6-7H,3-5,10H2,1-2H3,(H2,11,13,14). The highest BCUT2D eigenvalue weighted by Crippen LogP contribution is 1.95. The number of hydrazine groups is 1. The SMILES string of the molecule is CCNC(=NCCc1nccn1C)NN. The van der Waals surface area contributed by atoms with Crippen molar-refractivity contribution in [1.82, 2.24) is 20.3 Å². The van der Waals surface area contributed by atoms with E-state index in [1.54, 1.807) is 6.20 Å². The lowest BCUT2D eigenvalue weighted by atomic mass is 10.4. The Morgan fingerprint density at radius 3 is 3.00 bits per heavy atom. The van der Waals surface area contributed by atoms with Crippen molar-refractivity contribution in [2.75, 3.05) is 13.1 Å². The van der Waals surface area contributed by atoms with Crippen molar-refractivity contribution in [3.63, 3.8) is 0 Å². The Kier molecular flexibility index (Phi) is 4.62. The number of nitrogens with zero attached hydrogens (tertiary/aromatic N) is 3. The molecular formula is C9H18N6. The minimum absolute atomic E-state index is 0.617. The summed E-state index contributed by atoms with van der Waals surface area (Å²) in [5.41, 5.74) is 2.51. The summed E-state index contributed by atoms with van der Waals surface area (Å²) in [5, 5.41) is 3.01. The van der Waals surface area contributed by atoms with Crippen LogP contribution in [-0.2, 0) is 13.5 Å². The maximum Gasteiger partial charge on any atom is 0.205 e. The third-order valence-electron chi connectivity index (χ3n) is 2.01. The van der Waals surface area contributed by atoms with Crippen LogP contribution >= 0.6 is 0 Å². The second-order valence-corrected chi connectivity index (χ2v) is 3.11. The number of rotatable bonds is 4. The molecule has 0 atom stereocenters. The molecule has 0 aliphatic heterocycles. The summed E-state index contributed by atoms with van der Waals surface area (Å²) >= 11 is 0. The minimum atomic E-state index is 0.617. The van der Waals surface area contributed by atoms with Gasteiger partial charge in [0.15, 0.2) is 0 Å². The van der Waals surface area contributed by atoms with Crippen molar-refractivity contribution in [2.24, 2.45) is 17.9 Å². The number of nitrogens with one attached hydrogen (secondary N) is 2. The number of nitrogens with two attached hydrogens (primary N) is 1.